The molecule has 1 saturated heterocycles. The number of nitrogens with zero attached hydrogens (tertiary/aromatic N) is 4. The van der Waals surface area contributed by atoms with Crippen LogP contribution >= 0.6 is 0 Å². The molecule has 20 heavy (non-hydrogen) atoms. The van der Waals surface area contributed by atoms with E-state index in [1.165, 1.54) is 6.33 Å². The molecule has 0 aromatic carbocycles. The van der Waals surface area contributed by atoms with Crippen molar-refractivity contribution < 1.29 is 14.8 Å². The van der Waals surface area contributed by atoms with Gasteiger partial charge in [0, 0.05) is 20.1 Å². The highest BCUT2D eigenvalue weighted by Crippen LogP contribution is 2.50. The van der Waals surface area contributed by atoms with E-state index in [2.05, 4.69) is 4.98 Å². The van der Waals surface area contributed by atoms with Crippen molar-refractivity contribution in [3.05, 3.63) is 16.4 Å². The van der Waals surface area contributed by atoms with Gasteiger partial charge in [-0.2, -0.15) is 0 Å². The molecule has 2 atom stereocenters. The van der Waals surface area contributed by atoms with Gasteiger partial charge in [-0.3, -0.25) is 9.36 Å². The summed E-state index contributed by atoms with van der Waals surface area (Å²) in [4.78, 5) is 27.8. The first kappa shape index (κ1) is 12.9. The number of carboxylic acid groups (broad SMARTS) is 1. The number of aliphatic carboxylic acids is 1. The Labute approximate surface area is 115 Å². The SMILES string of the molecule is Cn1cnc([N+](=O)[O-])c1N1C[C@@H]2CCC[C@@]2(C(=O)O)C1. The molecule has 8 nitrogen and oxygen atoms in total. The summed E-state index contributed by atoms with van der Waals surface area (Å²) in [6, 6.07) is 0. The molecule has 1 aromatic heterocycles. The average Bonchev–Trinajstić information content (AvgIpc) is 2.99. The second kappa shape index (κ2) is 4.19. The fourth-order valence-corrected chi connectivity index (χ4v) is 3.70. The van der Waals surface area contributed by atoms with E-state index >= 15 is 0 Å². The summed E-state index contributed by atoms with van der Waals surface area (Å²) in [5.41, 5.74) is -0.752. The van der Waals surface area contributed by atoms with E-state index in [0.29, 0.717) is 25.3 Å². The number of carbonyl (C=O) groups is 1. The summed E-state index contributed by atoms with van der Waals surface area (Å²) in [5, 5.41) is 20.6. The molecular formula is C12H16N4O4. The lowest BCUT2D eigenvalue weighted by molar-refractivity contribution is -0.388. The van der Waals surface area contributed by atoms with Crippen molar-refractivity contribution in [3.63, 3.8) is 0 Å². The molecule has 1 aliphatic carbocycles. The molecule has 2 heterocycles. The molecule has 0 amide bonds. The maximum atomic E-state index is 11.6. The molecule has 0 bridgehead atoms. The maximum Gasteiger partial charge on any atom is 0.406 e. The first-order chi connectivity index (χ1) is 9.45. The number of carboxylic acids is 1. The van der Waals surface area contributed by atoms with Gasteiger partial charge in [-0.15, -0.1) is 0 Å². The Morgan fingerprint density at radius 1 is 1.65 bits per heavy atom. The quantitative estimate of drug-likeness (QED) is 0.655. The molecular weight excluding hydrogens is 264 g/mol. The van der Waals surface area contributed by atoms with Crippen molar-refractivity contribution in [3.8, 4) is 0 Å². The standard InChI is InChI=1S/C12H16N4O4/c1-14-7-13-9(16(19)20)10(14)15-5-8-3-2-4-12(8,6-15)11(17)18/h7-8H,2-6H2,1H3,(H,17,18)/t8-,12+/m0/s1. The van der Waals surface area contributed by atoms with E-state index in [4.69, 9.17) is 0 Å². The molecule has 8 heteroatoms. The van der Waals surface area contributed by atoms with Crippen LogP contribution in [0.15, 0.2) is 6.33 Å². The summed E-state index contributed by atoms with van der Waals surface area (Å²) in [6.07, 6.45) is 3.83. The maximum absolute atomic E-state index is 11.6. The van der Waals surface area contributed by atoms with Gasteiger partial charge in [0.25, 0.3) is 0 Å². The van der Waals surface area contributed by atoms with Crippen LogP contribution in [0.5, 0.6) is 0 Å². The van der Waals surface area contributed by atoms with Gasteiger partial charge in [0.2, 0.25) is 12.1 Å². The lowest BCUT2D eigenvalue weighted by atomic mass is 9.81. The Morgan fingerprint density at radius 3 is 3.00 bits per heavy atom. The third-order valence-electron chi connectivity index (χ3n) is 4.66. The van der Waals surface area contributed by atoms with Crippen molar-refractivity contribution in [1.82, 2.24) is 9.55 Å². The van der Waals surface area contributed by atoms with Crippen molar-refractivity contribution in [2.24, 2.45) is 18.4 Å². The summed E-state index contributed by atoms with van der Waals surface area (Å²) in [6.45, 7) is 0.875. The monoisotopic (exact) mass is 280 g/mol. The van der Waals surface area contributed by atoms with E-state index in [1.807, 2.05) is 4.90 Å². The van der Waals surface area contributed by atoms with Gasteiger partial charge in [0.15, 0.2) is 0 Å². The topological polar surface area (TPSA) is 101 Å². The minimum absolute atomic E-state index is 0.0644. The van der Waals surface area contributed by atoms with Gasteiger partial charge in [-0.25, -0.2) is 0 Å². The molecule has 1 saturated carbocycles. The molecule has 2 aliphatic rings. The van der Waals surface area contributed by atoms with Crippen LogP contribution in [0.25, 0.3) is 0 Å². The normalized spacial score (nSPS) is 28.6. The smallest absolute Gasteiger partial charge is 0.406 e. The highest BCUT2D eigenvalue weighted by Gasteiger charge is 2.56. The number of aryl methyl sites for hydroxylation is 1. The number of imidazole rings is 1. The Hall–Kier alpha value is -2.12. The third kappa shape index (κ3) is 1.60. The van der Waals surface area contributed by atoms with Crippen LogP contribution in [0.1, 0.15) is 19.3 Å². The molecule has 0 radical (unpaired) electrons. The van der Waals surface area contributed by atoms with E-state index < -0.39 is 16.3 Å². The predicted octanol–water partition coefficient (Wildman–Crippen LogP) is 1.02. The van der Waals surface area contributed by atoms with Crippen molar-refractivity contribution in [2.45, 2.75) is 19.3 Å². The van der Waals surface area contributed by atoms with E-state index in [-0.39, 0.29) is 11.7 Å². The number of hydrogen-bond acceptors (Lipinski definition) is 5. The van der Waals surface area contributed by atoms with Gasteiger partial charge in [-0.1, -0.05) is 6.42 Å². The lowest BCUT2D eigenvalue weighted by Crippen LogP contribution is -2.36. The Bertz CT molecular complexity index is 584. The number of fused-ring (bicyclic) bond motifs is 1. The van der Waals surface area contributed by atoms with Gasteiger partial charge in [0.05, 0.1) is 5.41 Å². The highest BCUT2D eigenvalue weighted by atomic mass is 16.6. The van der Waals surface area contributed by atoms with Crippen molar-refractivity contribution in [1.29, 1.82) is 0 Å². The fourth-order valence-electron chi connectivity index (χ4n) is 3.70. The van der Waals surface area contributed by atoms with E-state index in [9.17, 15) is 20.0 Å². The van der Waals surface area contributed by atoms with E-state index in [0.717, 1.165) is 12.8 Å². The second-order valence-corrected chi connectivity index (χ2v) is 5.69. The van der Waals surface area contributed by atoms with Crippen molar-refractivity contribution >= 4 is 17.6 Å². The Morgan fingerprint density at radius 2 is 2.40 bits per heavy atom. The first-order valence-corrected chi connectivity index (χ1v) is 6.60. The van der Waals surface area contributed by atoms with Crippen LogP contribution in [0.2, 0.25) is 0 Å². The molecule has 1 aliphatic heterocycles. The summed E-state index contributed by atoms with van der Waals surface area (Å²) < 4.78 is 1.59. The number of anilines is 1. The average molecular weight is 280 g/mol. The number of hydrogen-bond donors (Lipinski definition) is 1. The molecule has 1 aromatic rings. The lowest BCUT2D eigenvalue weighted by Gasteiger charge is -2.23. The van der Waals surface area contributed by atoms with Gasteiger partial charge >= 0.3 is 11.8 Å². The van der Waals surface area contributed by atoms with Crippen LogP contribution in [0.3, 0.4) is 0 Å². The van der Waals surface area contributed by atoms with Crippen LogP contribution in [-0.4, -0.2) is 38.6 Å². The summed E-state index contributed by atoms with van der Waals surface area (Å²) >= 11 is 0. The molecule has 3 rings (SSSR count). The van der Waals surface area contributed by atoms with Crippen LogP contribution in [0, 0.1) is 21.4 Å². The summed E-state index contributed by atoms with van der Waals surface area (Å²) in [5.74, 6) is -0.514. The molecule has 1 N–H and O–H groups in total. The van der Waals surface area contributed by atoms with Gasteiger partial charge in [-0.05, 0) is 28.7 Å². The molecule has 108 valence electrons. The van der Waals surface area contributed by atoms with E-state index in [1.54, 1.807) is 11.6 Å². The zero-order chi connectivity index (χ0) is 14.5. The summed E-state index contributed by atoms with van der Waals surface area (Å²) in [7, 11) is 1.69. The number of aromatic nitrogens is 2. The number of rotatable bonds is 3. The first-order valence-electron chi connectivity index (χ1n) is 6.60. The molecule has 2 fully saturated rings. The zero-order valence-corrected chi connectivity index (χ0v) is 11.2. The Kier molecular flexibility index (Phi) is 2.70. The largest absolute Gasteiger partial charge is 0.481 e. The third-order valence-corrected chi connectivity index (χ3v) is 4.66. The van der Waals surface area contributed by atoms with Crippen LogP contribution in [0.4, 0.5) is 11.6 Å². The molecule has 0 unspecified atom stereocenters. The van der Waals surface area contributed by atoms with Crippen LogP contribution < -0.4 is 4.90 Å². The second-order valence-electron chi connectivity index (χ2n) is 5.69. The highest BCUT2D eigenvalue weighted by molar-refractivity contribution is 5.78. The molecule has 0 spiro atoms. The van der Waals surface area contributed by atoms with Crippen molar-refractivity contribution in [2.75, 3.05) is 18.0 Å². The fraction of sp³-hybridized carbons (Fsp3) is 0.667. The zero-order valence-electron chi connectivity index (χ0n) is 11.2. The van der Waals surface area contributed by atoms with Gasteiger partial charge in [0.1, 0.15) is 0 Å². The minimum atomic E-state index is -0.785. The predicted molar refractivity (Wildman–Crippen MR) is 69.5 cm³/mol. The number of nitro groups is 1. The minimum Gasteiger partial charge on any atom is -0.481 e. The van der Waals surface area contributed by atoms with Gasteiger partial charge < -0.3 is 20.1 Å². The Balaban J connectivity index is 1.97. The van der Waals surface area contributed by atoms with Crippen LogP contribution in [-0.2, 0) is 11.8 Å².